The second kappa shape index (κ2) is 7.26. The standard InChI is InChI=1S/C21H17N5O/c22-14-15-5-3-8-17(13-15)23-20-11-10-18(24-25-20)21(27)26-12-4-7-16-6-1-2-9-19(16)26/h1-3,5-6,8-11,13H,4,7,12H2,(H,23,25). The third kappa shape index (κ3) is 3.48. The Bertz CT molecular complexity index is 1020. The van der Waals surface area contributed by atoms with Crippen molar-refractivity contribution in [3.8, 4) is 6.07 Å². The second-order valence-electron chi connectivity index (χ2n) is 6.31. The van der Waals surface area contributed by atoms with Gasteiger partial charge in [-0.25, -0.2) is 0 Å². The molecule has 2 heterocycles. The molecule has 3 aromatic rings. The van der Waals surface area contributed by atoms with Crippen LogP contribution >= 0.6 is 0 Å². The van der Waals surface area contributed by atoms with E-state index in [0.717, 1.165) is 24.2 Å². The average molecular weight is 355 g/mol. The number of amides is 1. The number of hydrogen-bond acceptors (Lipinski definition) is 5. The molecule has 0 bridgehead atoms. The van der Waals surface area contributed by atoms with Gasteiger partial charge in [-0.3, -0.25) is 4.79 Å². The fourth-order valence-electron chi connectivity index (χ4n) is 3.21. The lowest BCUT2D eigenvalue weighted by molar-refractivity contribution is 0.0979. The number of anilines is 3. The number of carbonyl (C=O) groups is 1. The summed E-state index contributed by atoms with van der Waals surface area (Å²) in [5, 5.41) is 20.3. The van der Waals surface area contributed by atoms with Gasteiger partial charge in [-0.15, -0.1) is 10.2 Å². The molecule has 0 atom stereocenters. The van der Waals surface area contributed by atoms with Crippen molar-refractivity contribution in [3.05, 3.63) is 77.5 Å². The zero-order chi connectivity index (χ0) is 18.6. The van der Waals surface area contributed by atoms with Crippen molar-refractivity contribution < 1.29 is 4.79 Å². The van der Waals surface area contributed by atoms with Crippen LogP contribution < -0.4 is 10.2 Å². The highest BCUT2D eigenvalue weighted by Gasteiger charge is 2.24. The summed E-state index contributed by atoms with van der Waals surface area (Å²) in [6.45, 7) is 0.679. The lowest BCUT2D eigenvalue weighted by Crippen LogP contribution is -2.36. The third-order valence-corrected chi connectivity index (χ3v) is 4.50. The molecule has 6 nitrogen and oxygen atoms in total. The molecule has 0 saturated heterocycles. The Hall–Kier alpha value is -3.72. The molecule has 0 aliphatic carbocycles. The van der Waals surface area contributed by atoms with Crippen LogP contribution in [0.15, 0.2) is 60.7 Å². The first-order valence-corrected chi connectivity index (χ1v) is 8.75. The molecule has 1 aromatic heterocycles. The van der Waals surface area contributed by atoms with E-state index in [1.165, 1.54) is 5.56 Å². The van der Waals surface area contributed by atoms with E-state index in [4.69, 9.17) is 5.26 Å². The Morgan fingerprint density at radius 1 is 1.07 bits per heavy atom. The molecule has 0 fully saturated rings. The van der Waals surface area contributed by atoms with Crippen molar-refractivity contribution in [2.45, 2.75) is 12.8 Å². The first kappa shape index (κ1) is 16.7. The number of para-hydroxylation sites is 1. The van der Waals surface area contributed by atoms with Crippen molar-refractivity contribution in [1.82, 2.24) is 10.2 Å². The third-order valence-electron chi connectivity index (χ3n) is 4.50. The Balaban J connectivity index is 1.52. The molecule has 0 saturated carbocycles. The number of nitrogens with zero attached hydrogens (tertiary/aromatic N) is 4. The lowest BCUT2D eigenvalue weighted by atomic mass is 10.0. The van der Waals surface area contributed by atoms with Crippen LogP contribution in [0.2, 0.25) is 0 Å². The van der Waals surface area contributed by atoms with E-state index in [-0.39, 0.29) is 5.91 Å². The molecule has 1 aliphatic heterocycles. The quantitative estimate of drug-likeness (QED) is 0.775. The zero-order valence-corrected chi connectivity index (χ0v) is 14.6. The van der Waals surface area contributed by atoms with E-state index < -0.39 is 0 Å². The van der Waals surface area contributed by atoms with Crippen LogP contribution in [0.4, 0.5) is 17.2 Å². The Morgan fingerprint density at radius 2 is 1.96 bits per heavy atom. The summed E-state index contributed by atoms with van der Waals surface area (Å²) in [5.74, 6) is 0.369. The monoisotopic (exact) mass is 355 g/mol. The van der Waals surface area contributed by atoms with Crippen LogP contribution in [-0.2, 0) is 6.42 Å². The summed E-state index contributed by atoms with van der Waals surface area (Å²) in [6.07, 6.45) is 1.92. The molecule has 27 heavy (non-hydrogen) atoms. The molecule has 132 valence electrons. The van der Waals surface area contributed by atoms with Gasteiger partial charge in [0.05, 0.1) is 11.6 Å². The van der Waals surface area contributed by atoms with Gasteiger partial charge in [-0.2, -0.15) is 5.26 Å². The highest BCUT2D eigenvalue weighted by atomic mass is 16.2. The topological polar surface area (TPSA) is 81.9 Å². The van der Waals surface area contributed by atoms with Gasteiger partial charge in [-0.1, -0.05) is 24.3 Å². The molecule has 0 radical (unpaired) electrons. The van der Waals surface area contributed by atoms with E-state index in [9.17, 15) is 4.79 Å². The number of carbonyl (C=O) groups excluding carboxylic acids is 1. The summed E-state index contributed by atoms with van der Waals surface area (Å²) < 4.78 is 0. The van der Waals surface area contributed by atoms with E-state index in [1.807, 2.05) is 24.3 Å². The molecule has 0 unspecified atom stereocenters. The minimum Gasteiger partial charge on any atom is -0.339 e. The number of nitrogens with one attached hydrogen (secondary N) is 1. The number of hydrogen-bond donors (Lipinski definition) is 1. The van der Waals surface area contributed by atoms with Crippen LogP contribution in [-0.4, -0.2) is 22.6 Å². The largest absolute Gasteiger partial charge is 0.339 e. The summed E-state index contributed by atoms with van der Waals surface area (Å²) in [6, 6.07) is 20.5. The Labute approximate surface area is 157 Å². The molecule has 1 aliphatic rings. The van der Waals surface area contributed by atoms with Gasteiger partial charge in [-0.05, 0) is 54.8 Å². The number of aryl methyl sites for hydroxylation is 1. The minimum atomic E-state index is -0.146. The summed E-state index contributed by atoms with van der Waals surface area (Å²) in [7, 11) is 0. The van der Waals surface area contributed by atoms with E-state index in [1.54, 1.807) is 35.2 Å². The maximum Gasteiger partial charge on any atom is 0.278 e. The van der Waals surface area contributed by atoms with Gasteiger partial charge in [0.2, 0.25) is 0 Å². The zero-order valence-electron chi connectivity index (χ0n) is 14.6. The second-order valence-corrected chi connectivity index (χ2v) is 6.31. The predicted molar refractivity (Wildman–Crippen MR) is 103 cm³/mol. The minimum absolute atomic E-state index is 0.146. The van der Waals surface area contributed by atoms with Crippen molar-refractivity contribution >= 4 is 23.1 Å². The van der Waals surface area contributed by atoms with E-state index in [2.05, 4.69) is 27.6 Å². The highest BCUT2D eigenvalue weighted by molar-refractivity contribution is 6.05. The number of benzene rings is 2. The molecule has 6 heteroatoms. The average Bonchev–Trinajstić information content (AvgIpc) is 2.73. The van der Waals surface area contributed by atoms with Crippen LogP contribution in [0.5, 0.6) is 0 Å². The van der Waals surface area contributed by atoms with Gasteiger partial charge in [0.1, 0.15) is 0 Å². The Kier molecular flexibility index (Phi) is 4.50. The van der Waals surface area contributed by atoms with Crippen LogP contribution in [0.3, 0.4) is 0 Å². The van der Waals surface area contributed by atoms with Crippen LogP contribution in [0.25, 0.3) is 0 Å². The summed E-state index contributed by atoms with van der Waals surface area (Å²) in [5.41, 5.74) is 3.74. The van der Waals surface area contributed by atoms with Gasteiger partial charge >= 0.3 is 0 Å². The smallest absolute Gasteiger partial charge is 0.278 e. The summed E-state index contributed by atoms with van der Waals surface area (Å²) >= 11 is 0. The first-order valence-electron chi connectivity index (χ1n) is 8.75. The van der Waals surface area contributed by atoms with Gasteiger partial charge in [0.25, 0.3) is 5.91 Å². The maximum absolute atomic E-state index is 12.9. The molecule has 1 amide bonds. The van der Waals surface area contributed by atoms with Gasteiger partial charge < -0.3 is 10.2 Å². The molecule has 2 aromatic carbocycles. The molecule has 1 N–H and O–H groups in total. The van der Waals surface area contributed by atoms with Gasteiger partial charge in [0, 0.05) is 17.9 Å². The van der Waals surface area contributed by atoms with Crippen molar-refractivity contribution in [1.29, 1.82) is 5.26 Å². The first-order chi connectivity index (χ1) is 13.2. The van der Waals surface area contributed by atoms with Crippen molar-refractivity contribution in [3.63, 3.8) is 0 Å². The highest BCUT2D eigenvalue weighted by Crippen LogP contribution is 2.27. The number of rotatable bonds is 3. The number of nitriles is 1. The van der Waals surface area contributed by atoms with Crippen LogP contribution in [0.1, 0.15) is 28.0 Å². The molecule has 4 rings (SSSR count). The summed E-state index contributed by atoms with van der Waals surface area (Å²) in [4.78, 5) is 14.7. The molecular weight excluding hydrogens is 338 g/mol. The number of fused-ring (bicyclic) bond motifs is 1. The Morgan fingerprint density at radius 3 is 2.78 bits per heavy atom. The van der Waals surface area contributed by atoms with E-state index >= 15 is 0 Å². The fourth-order valence-corrected chi connectivity index (χ4v) is 3.21. The van der Waals surface area contributed by atoms with Crippen molar-refractivity contribution in [2.75, 3.05) is 16.8 Å². The normalized spacial score (nSPS) is 12.8. The lowest BCUT2D eigenvalue weighted by Gasteiger charge is -2.29. The van der Waals surface area contributed by atoms with Gasteiger partial charge in [0.15, 0.2) is 11.5 Å². The van der Waals surface area contributed by atoms with Crippen molar-refractivity contribution in [2.24, 2.45) is 0 Å². The maximum atomic E-state index is 12.9. The van der Waals surface area contributed by atoms with Crippen LogP contribution in [0, 0.1) is 11.3 Å². The van der Waals surface area contributed by atoms with E-state index in [0.29, 0.717) is 23.6 Å². The SMILES string of the molecule is N#Cc1cccc(Nc2ccc(C(=O)N3CCCc4ccccc43)nn2)c1. The fraction of sp³-hybridized carbons (Fsp3) is 0.143. The predicted octanol–water partition coefficient (Wildman–Crippen LogP) is 3.68. The molecular formula is C21H17N5O. The molecule has 0 spiro atoms. The number of aromatic nitrogens is 2.